The Morgan fingerprint density at radius 2 is 2.06 bits per heavy atom. The van der Waals surface area contributed by atoms with Gasteiger partial charge in [-0.25, -0.2) is 8.42 Å². The monoisotopic (exact) mass is 253 g/mol. The summed E-state index contributed by atoms with van der Waals surface area (Å²) in [5.74, 6) is 0. The normalized spacial score (nSPS) is 18.5. The minimum absolute atomic E-state index is 0.0155. The number of nitrogens with zero attached hydrogens (tertiary/aromatic N) is 3. The first-order valence-corrected chi connectivity index (χ1v) is 6.58. The molecule has 0 spiro atoms. The van der Waals surface area contributed by atoms with E-state index in [1.807, 2.05) is 0 Å². The number of sulfonamides is 1. The van der Waals surface area contributed by atoms with E-state index in [4.69, 9.17) is 10.3 Å². The van der Waals surface area contributed by atoms with Gasteiger partial charge < -0.3 is 4.74 Å². The third-order valence-electron chi connectivity index (χ3n) is 2.52. The van der Waals surface area contributed by atoms with E-state index in [1.165, 1.54) is 12.1 Å². The van der Waals surface area contributed by atoms with Crippen molar-refractivity contribution in [2.45, 2.75) is 23.8 Å². The van der Waals surface area contributed by atoms with Gasteiger partial charge in [0.25, 0.3) is 10.0 Å². The number of ether oxygens (including phenoxy) is 1. The van der Waals surface area contributed by atoms with E-state index in [2.05, 4.69) is 9.43 Å². The summed E-state index contributed by atoms with van der Waals surface area (Å²) in [6, 6.07) is 6.35. The molecule has 17 heavy (non-hydrogen) atoms. The third-order valence-corrected chi connectivity index (χ3v) is 3.68. The van der Waals surface area contributed by atoms with Gasteiger partial charge in [-0.3, -0.25) is 0 Å². The van der Waals surface area contributed by atoms with Crippen LogP contribution in [0.1, 0.15) is 12.0 Å². The highest BCUT2D eigenvalue weighted by Crippen LogP contribution is 2.18. The summed E-state index contributed by atoms with van der Waals surface area (Å²) in [4.78, 5) is 2.31. The van der Waals surface area contributed by atoms with Crippen LogP contribution in [0.4, 0.5) is 0 Å². The quantitative estimate of drug-likeness (QED) is 0.347. The van der Waals surface area contributed by atoms with Crippen molar-refractivity contribution in [3.05, 3.63) is 40.3 Å². The number of benzene rings is 1. The summed E-state index contributed by atoms with van der Waals surface area (Å²) in [6.45, 7) is 0.823. The molecule has 90 valence electrons. The van der Waals surface area contributed by atoms with E-state index in [1.54, 1.807) is 12.1 Å². The molecule has 0 saturated carbocycles. The Kier molecular flexibility index (Phi) is 3.33. The standard InChI is InChI=1S/C10H11N3O3S/c11-12-13-17(14,15)10-5-2-8(3-6-10)1-4-9-7-16-9/h2-3,5-6,9H,1,4,7H2. The molecule has 0 N–H and O–H groups in total. The van der Waals surface area contributed by atoms with Crippen molar-refractivity contribution in [1.29, 1.82) is 0 Å². The Balaban J connectivity index is 2.08. The van der Waals surface area contributed by atoms with Crippen molar-refractivity contribution in [3.63, 3.8) is 0 Å². The molecule has 0 aliphatic carbocycles. The van der Waals surface area contributed by atoms with E-state index in [-0.39, 0.29) is 4.90 Å². The maximum atomic E-state index is 11.4. The topological polar surface area (TPSA) is 95.4 Å². The molecule has 0 aromatic heterocycles. The second-order valence-corrected chi connectivity index (χ2v) is 5.37. The average Bonchev–Trinajstić information content (AvgIpc) is 3.11. The summed E-state index contributed by atoms with van der Waals surface area (Å²) < 4.78 is 30.6. The summed E-state index contributed by atoms with van der Waals surface area (Å²) in [7, 11) is -3.86. The van der Waals surface area contributed by atoms with Crippen LogP contribution in [0.15, 0.2) is 33.7 Å². The number of rotatable bonds is 5. The summed E-state index contributed by atoms with van der Waals surface area (Å²) >= 11 is 0. The molecule has 1 aliphatic rings. The molecule has 6 nitrogen and oxygen atoms in total. The Bertz CT molecular complexity index is 543. The summed E-state index contributed by atoms with van der Waals surface area (Å²) in [6.07, 6.45) is 2.16. The summed E-state index contributed by atoms with van der Waals surface area (Å²) in [5, 5.41) is 0. The molecule has 1 fully saturated rings. The van der Waals surface area contributed by atoms with Crippen LogP contribution in [0.3, 0.4) is 0 Å². The predicted octanol–water partition coefficient (Wildman–Crippen LogP) is 2.02. The van der Waals surface area contributed by atoms with E-state index in [9.17, 15) is 8.42 Å². The van der Waals surface area contributed by atoms with Gasteiger partial charge in [0.15, 0.2) is 0 Å². The molecule has 0 amide bonds. The Morgan fingerprint density at radius 3 is 2.59 bits per heavy atom. The predicted molar refractivity (Wildman–Crippen MR) is 60.8 cm³/mol. The molecule has 1 aliphatic heterocycles. The molecule has 1 aromatic carbocycles. The lowest BCUT2D eigenvalue weighted by Gasteiger charge is -2.01. The first-order valence-electron chi connectivity index (χ1n) is 5.14. The lowest BCUT2D eigenvalue weighted by Crippen LogP contribution is -1.96. The largest absolute Gasteiger partial charge is 0.373 e. The van der Waals surface area contributed by atoms with Gasteiger partial charge in [0.05, 0.1) is 17.6 Å². The van der Waals surface area contributed by atoms with Crippen LogP contribution >= 0.6 is 0 Å². The molecule has 7 heteroatoms. The number of aryl methyl sites for hydroxylation is 1. The van der Waals surface area contributed by atoms with Gasteiger partial charge in [-0.2, -0.15) is 0 Å². The van der Waals surface area contributed by atoms with E-state index in [0.717, 1.165) is 25.0 Å². The lowest BCUT2D eigenvalue weighted by atomic mass is 10.1. The molecule has 1 atom stereocenters. The fourth-order valence-corrected chi connectivity index (χ4v) is 2.16. The Labute approximate surface area is 98.9 Å². The van der Waals surface area contributed by atoms with Gasteiger partial charge in [0.2, 0.25) is 0 Å². The van der Waals surface area contributed by atoms with Gasteiger partial charge >= 0.3 is 0 Å². The second-order valence-electron chi connectivity index (χ2n) is 3.78. The fourth-order valence-electron chi connectivity index (χ4n) is 1.49. The summed E-state index contributed by atoms with van der Waals surface area (Å²) in [5.41, 5.74) is 9.18. The Hall–Kier alpha value is -1.56. The Morgan fingerprint density at radius 1 is 1.41 bits per heavy atom. The first kappa shape index (κ1) is 11.9. The highest BCUT2D eigenvalue weighted by molar-refractivity contribution is 7.90. The van der Waals surface area contributed by atoms with Crippen molar-refractivity contribution >= 4 is 10.0 Å². The van der Waals surface area contributed by atoms with Crippen LogP contribution in [0, 0.1) is 0 Å². The number of hydrogen-bond donors (Lipinski definition) is 0. The van der Waals surface area contributed by atoms with Gasteiger partial charge in [-0.15, -0.1) is 0 Å². The lowest BCUT2D eigenvalue weighted by molar-refractivity contribution is 0.397. The zero-order valence-electron chi connectivity index (χ0n) is 8.98. The number of azide groups is 1. The first-order chi connectivity index (χ1) is 8.12. The smallest absolute Gasteiger partial charge is 0.264 e. The van der Waals surface area contributed by atoms with Crippen molar-refractivity contribution in [1.82, 2.24) is 0 Å². The van der Waals surface area contributed by atoms with Crippen molar-refractivity contribution < 1.29 is 13.2 Å². The van der Waals surface area contributed by atoms with Crippen LogP contribution in [-0.4, -0.2) is 21.1 Å². The van der Waals surface area contributed by atoms with Crippen LogP contribution in [-0.2, 0) is 21.2 Å². The number of epoxide rings is 1. The number of hydrogen-bond acceptors (Lipinski definition) is 3. The van der Waals surface area contributed by atoms with Crippen molar-refractivity contribution in [3.8, 4) is 0 Å². The van der Waals surface area contributed by atoms with E-state index >= 15 is 0 Å². The SMILES string of the molecule is [N-]=[N+]=NS(=O)(=O)c1ccc(CCC2CO2)cc1. The van der Waals surface area contributed by atoms with Gasteiger partial charge in [-0.1, -0.05) is 12.1 Å². The minimum Gasteiger partial charge on any atom is -0.373 e. The van der Waals surface area contributed by atoms with Crippen molar-refractivity contribution in [2.75, 3.05) is 6.61 Å². The van der Waals surface area contributed by atoms with Crippen LogP contribution < -0.4 is 0 Å². The molecular formula is C10H11N3O3S. The maximum Gasteiger partial charge on any atom is 0.264 e. The van der Waals surface area contributed by atoms with Gasteiger partial charge in [-0.05, 0) is 36.1 Å². The van der Waals surface area contributed by atoms with Crippen LogP contribution in [0.2, 0.25) is 0 Å². The average molecular weight is 253 g/mol. The molecule has 1 saturated heterocycles. The zero-order chi connectivity index (χ0) is 12.3. The molecule has 1 heterocycles. The molecule has 0 radical (unpaired) electrons. The van der Waals surface area contributed by atoms with Crippen LogP contribution in [0.5, 0.6) is 0 Å². The van der Waals surface area contributed by atoms with E-state index < -0.39 is 10.0 Å². The third kappa shape index (κ3) is 3.20. The second kappa shape index (κ2) is 4.75. The van der Waals surface area contributed by atoms with Gasteiger partial charge in [0.1, 0.15) is 0 Å². The molecule has 1 unspecified atom stereocenters. The zero-order valence-corrected chi connectivity index (χ0v) is 9.80. The fraction of sp³-hybridized carbons (Fsp3) is 0.400. The van der Waals surface area contributed by atoms with Gasteiger partial charge in [0, 0.05) is 9.43 Å². The molecular weight excluding hydrogens is 242 g/mol. The van der Waals surface area contributed by atoms with Crippen LogP contribution in [0.25, 0.3) is 10.4 Å². The maximum absolute atomic E-state index is 11.4. The van der Waals surface area contributed by atoms with E-state index in [0.29, 0.717) is 6.10 Å². The highest BCUT2D eigenvalue weighted by atomic mass is 32.2. The molecule has 2 rings (SSSR count). The molecule has 0 bridgehead atoms. The highest BCUT2D eigenvalue weighted by Gasteiger charge is 2.21. The molecule has 1 aromatic rings. The van der Waals surface area contributed by atoms with Crippen molar-refractivity contribution in [2.24, 2.45) is 4.52 Å². The minimum atomic E-state index is -3.86.